The second kappa shape index (κ2) is 6.59. The number of phenolic OH excluding ortho intramolecular Hbond substituents is 1. The lowest BCUT2D eigenvalue weighted by Crippen LogP contribution is -2.39. The van der Waals surface area contributed by atoms with E-state index in [9.17, 15) is 9.18 Å². The number of carbonyl (C=O) groups excluding carboxylic acids is 1. The molecule has 1 rings (SSSR count). The summed E-state index contributed by atoms with van der Waals surface area (Å²) in [6.07, 6.45) is 0.630. The van der Waals surface area contributed by atoms with Crippen LogP contribution in [-0.4, -0.2) is 22.9 Å². The summed E-state index contributed by atoms with van der Waals surface area (Å²) in [4.78, 5) is 11.9. The quantitative estimate of drug-likeness (QED) is 0.811. The number of amides is 1. The van der Waals surface area contributed by atoms with Crippen LogP contribution in [0.15, 0.2) is 18.2 Å². The van der Waals surface area contributed by atoms with Gasteiger partial charge in [0.2, 0.25) is 0 Å². The van der Waals surface area contributed by atoms with Gasteiger partial charge in [0.05, 0.1) is 5.56 Å². The van der Waals surface area contributed by atoms with Crippen molar-refractivity contribution in [2.45, 2.75) is 26.3 Å². The van der Waals surface area contributed by atoms with E-state index in [0.717, 1.165) is 6.07 Å². The molecule has 2 N–H and O–H groups in total. The molecule has 0 aliphatic rings. The highest BCUT2D eigenvalue weighted by molar-refractivity contribution is 6.17. The summed E-state index contributed by atoms with van der Waals surface area (Å²) in [5.74, 6) is -0.781. The first-order chi connectivity index (χ1) is 8.45. The van der Waals surface area contributed by atoms with Crippen LogP contribution in [0.2, 0.25) is 0 Å². The van der Waals surface area contributed by atoms with E-state index >= 15 is 0 Å². The highest BCUT2D eigenvalue weighted by Crippen LogP contribution is 2.16. The molecule has 0 spiro atoms. The third-order valence-electron chi connectivity index (χ3n) is 2.74. The summed E-state index contributed by atoms with van der Waals surface area (Å²) in [7, 11) is 0. The Balaban J connectivity index is 2.80. The number of hydrogen-bond donors (Lipinski definition) is 2. The Morgan fingerprint density at radius 1 is 1.50 bits per heavy atom. The minimum atomic E-state index is -0.735. The predicted octanol–water partition coefficient (Wildman–Crippen LogP) is 2.91. The van der Waals surface area contributed by atoms with E-state index in [0.29, 0.717) is 12.3 Å². The maximum absolute atomic E-state index is 13.5. The molecule has 1 aromatic rings. The SMILES string of the molecule is CC(C)C(CCCl)NC(=O)c1ccc(O)cc1F. The second-order valence-corrected chi connectivity index (χ2v) is 4.84. The summed E-state index contributed by atoms with van der Waals surface area (Å²) >= 11 is 5.66. The number of alkyl halides is 1. The first-order valence-corrected chi connectivity index (χ1v) is 6.34. The predicted molar refractivity (Wildman–Crippen MR) is 69.5 cm³/mol. The number of hydrogen-bond acceptors (Lipinski definition) is 2. The van der Waals surface area contributed by atoms with Gasteiger partial charge in [0, 0.05) is 18.0 Å². The van der Waals surface area contributed by atoms with Gasteiger partial charge in [-0.1, -0.05) is 13.8 Å². The van der Waals surface area contributed by atoms with Crippen LogP contribution < -0.4 is 5.32 Å². The zero-order valence-electron chi connectivity index (χ0n) is 10.4. The Hall–Kier alpha value is -1.29. The summed E-state index contributed by atoms with van der Waals surface area (Å²) in [5.41, 5.74) is -0.0759. The van der Waals surface area contributed by atoms with Gasteiger partial charge in [0.1, 0.15) is 11.6 Å². The van der Waals surface area contributed by atoms with Gasteiger partial charge < -0.3 is 10.4 Å². The lowest BCUT2D eigenvalue weighted by Gasteiger charge is -2.21. The Morgan fingerprint density at radius 3 is 2.67 bits per heavy atom. The maximum Gasteiger partial charge on any atom is 0.254 e. The number of halogens is 2. The van der Waals surface area contributed by atoms with E-state index in [2.05, 4.69) is 5.32 Å². The largest absolute Gasteiger partial charge is 0.508 e. The van der Waals surface area contributed by atoms with Crippen molar-refractivity contribution in [2.24, 2.45) is 5.92 Å². The smallest absolute Gasteiger partial charge is 0.254 e. The maximum atomic E-state index is 13.5. The summed E-state index contributed by atoms with van der Waals surface area (Å²) < 4.78 is 13.5. The van der Waals surface area contributed by atoms with Crippen molar-refractivity contribution in [3.63, 3.8) is 0 Å². The van der Waals surface area contributed by atoms with Gasteiger partial charge in [0.15, 0.2) is 0 Å². The molecule has 0 radical (unpaired) electrons. The summed E-state index contributed by atoms with van der Waals surface area (Å²) in [6, 6.07) is 3.37. The first-order valence-electron chi connectivity index (χ1n) is 5.81. The van der Waals surface area contributed by atoms with Crippen LogP contribution in [0.5, 0.6) is 5.75 Å². The van der Waals surface area contributed by atoms with Crippen molar-refractivity contribution in [2.75, 3.05) is 5.88 Å². The van der Waals surface area contributed by atoms with Crippen LogP contribution in [0.4, 0.5) is 4.39 Å². The van der Waals surface area contributed by atoms with Crippen LogP contribution in [-0.2, 0) is 0 Å². The molecule has 0 aromatic heterocycles. The average Bonchev–Trinajstić information content (AvgIpc) is 2.27. The third kappa shape index (κ3) is 3.88. The summed E-state index contributed by atoms with van der Waals surface area (Å²) in [5, 5.41) is 11.8. The highest BCUT2D eigenvalue weighted by Gasteiger charge is 2.19. The number of benzene rings is 1. The molecule has 1 amide bonds. The number of aromatic hydroxyl groups is 1. The van der Waals surface area contributed by atoms with Crippen molar-refractivity contribution in [1.82, 2.24) is 5.32 Å². The van der Waals surface area contributed by atoms with E-state index in [1.54, 1.807) is 0 Å². The van der Waals surface area contributed by atoms with Crippen LogP contribution >= 0.6 is 11.6 Å². The van der Waals surface area contributed by atoms with Gasteiger partial charge in [-0.3, -0.25) is 4.79 Å². The van der Waals surface area contributed by atoms with Gasteiger partial charge >= 0.3 is 0 Å². The van der Waals surface area contributed by atoms with Crippen molar-refractivity contribution >= 4 is 17.5 Å². The van der Waals surface area contributed by atoms with E-state index in [1.165, 1.54) is 12.1 Å². The molecule has 5 heteroatoms. The fraction of sp³-hybridized carbons (Fsp3) is 0.462. The van der Waals surface area contributed by atoms with Crippen LogP contribution in [0.3, 0.4) is 0 Å². The molecule has 0 saturated carbocycles. The number of rotatable bonds is 5. The van der Waals surface area contributed by atoms with E-state index in [-0.39, 0.29) is 23.3 Å². The lowest BCUT2D eigenvalue weighted by molar-refractivity contribution is 0.0921. The number of phenols is 1. The van der Waals surface area contributed by atoms with Gasteiger partial charge in [-0.25, -0.2) is 4.39 Å². The van der Waals surface area contributed by atoms with Crippen molar-refractivity contribution in [3.05, 3.63) is 29.6 Å². The van der Waals surface area contributed by atoms with Crippen LogP contribution in [0.25, 0.3) is 0 Å². The van der Waals surface area contributed by atoms with Crippen molar-refractivity contribution in [1.29, 1.82) is 0 Å². The molecule has 1 unspecified atom stereocenters. The molecule has 1 atom stereocenters. The Morgan fingerprint density at radius 2 is 2.17 bits per heavy atom. The highest BCUT2D eigenvalue weighted by atomic mass is 35.5. The molecule has 1 aromatic carbocycles. The third-order valence-corrected chi connectivity index (χ3v) is 2.96. The molecule has 100 valence electrons. The first kappa shape index (κ1) is 14.8. The zero-order valence-corrected chi connectivity index (χ0v) is 11.2. The topological polar surface area (TPSA) is 49.3 Å². The van der Waals surface area contributed by atoms with Gasteiger partial charge in [-0.2, -0.15) is 0 Å². The lowest BCUT2D eigenvalue weighted by atomic mass is 10.0. The molecular formula is C13H17ClFNO2. The molecule has 0 aliphatic carbocycles. The minimum Gasteiger partial charge on any atom is -0.508 e. The average molecular weight is 274 g/mol. The Labute approximate surface area is 111 Å². The fourth-order valence-corrected chi connectivity index (χ4v) is 1.86. The Kier molecular flexibility index (Phi) is 5.41. The second-order valence-electron chi connectivity index (χ2n) is 4.47. The van der Waals surface area contributed by atoms with E-state index in [4.69, 9.17) is 16.7 Å². The normalized spacial score (nSPS) is 12.5. The molecule has 0 bridgehead atoms. The number of carbonyl (C=O) groups is 1. The number of nitrogens with one attached hydrogen (secondary N) is 1. The van der Waals surface area contributed by atoms with Gasteiger partial charge in [-0.15, -0.1) is 11.6 Å². The van der Waals surface area contributed by atoms with Gasteiger partial charge in [0.25, 0.3) is 5.91 Å². The van der Waals surface area contributed by atoms with Gasteiger partial charge in [-0.05, 0) is 24.5 Å². The van der Waals surface area contributed by atoms with E-state index in [1.807, 2.05) is 13.8 Å². The summed E-state index contributed by atoms with van der Waals surface area (Å²) in [6.45, 7) is 3.93. The molecule has 0 saturated heterocycles. The van der Waals surface area contributed by atoms with Crippen LogP contribution in [0.1, 0.15) is 30.6 Å². The van der Waals surface area contributed by atoms with Crippen molar-refractivity contribution < 1.29 is 14.3 Å². The van der Waals surface area contributed by atoms with Crippen LogP contribution in [0, 0.1) is 11.7 Å². The zero-order chi connectivity index (χ0) is 13.7. The molecule has 18 heavy (non-hydrogen) atoms. The Bertz CT molecular complexity index is 423. The van der Waals surface area contributed by atoms with E-state index < -0.39 is 11.7 Å². The minimum absolute atomic E-state index is 0.0759. The molecular weight excluding hydrogens is 257 g/mol. The molecule has 0 fully saturated rings. The van der Waals surface area contributed by atoms with Crippen molar-refractivity contribution in [3.8, 4) is 5.75 Å². The monoisotopic (exact) mass is 273 g/mol. The fourth-order valence-electron chi connectivity index (χ4n) is 1.62. The molecule has 3 nitrogen and oxygen atoms in total. The standard InChI is InChI=1S/C13H17ClFNO2/c1-8(2)12(5-6-14)16-13(18)10-4-3-9(17)7-11(10)15/h3-4,7-8,12,17H,5-6H2,1-2H3,(H,16,18). The molecule has 0 heterocycles. The molecule has 0 aliphatic heterocycles.